The molecular formula is C24H29FN4O6P+. The Kier molecular flexibility index (Phi) is 7.70. The molecule has 2 aliphatic rings. The first kappa shape index (κ1) is 25.8. The number of aromatic nitrogens is 1. The molecular weight excluding hydrogens is 490 g/mol. The zero-order valence-corrected chi connectivity index (χ0v) is 21.3. The van der Waals surface area contributed by atoms with Crippen molar-refractivity contribution in [2.24, 2.45) is 0 Å². The SMILES string of the molecule is CC(C)(C)O[P+](=O)CC(=O)N1CC=C(c2ccc(N3CC(CNc4ccon4)OC3=O)cc2F)CC1. The van der Waals surface area contributed by atoms with Gasteiger partial charge in [-0.1, -0.05) is 11.2 Å². The number of hydrogen-bond acceptors (Lipinski definition) is 8. The van der Waals surface area contributed by atoms with Crippen LogP contribution in [-0.2, 0) is 18.6 Å². The number of ether oxygens (including phenoxy) is 1. The van der Waals surface area contributed by atoms with Crippen molar-refractivity contribution in [2.45, 2.75) is 38.9 Å². The third kappa shape index (κ3) is 6.47. The molecule has 2 aliphatic heterocycles. The van der Waals surface area contributed by atoms with E-state index in [1.807, 2.05) is 0 Å². The van der Waals surface area contributed by atoms with E-state index in [-0.39, 0.29) is 18.6 Å². The number of benzene rings is 1. The smallest absolute Gasteiger partial charge is 0.442 e. The minimum absolute atomic E-state index is 0.181. The third-order valence-electron chi connectivity index (χ3n) is 5.63. The summed E-state index contributed by atoms with van der Waals surface area (Å²) in [7, 11) is -2.10. The van der Waals surface area contributed by atoms with Gasteiger partial charge in [-0.3, -0.25) is 9.69 Å². The molecule has 36 heavy (non-hydrogen) atoms. The van der Waals surface area contributed by atoms with Crippen LogP contribution in [0.25, 0.3) is 5.57 Å². The molecule has 4 rings (SSSR count). The summed E-state index contributed by atoms with van der Waals surface area (Å²) in [6, 6.07) is 6.29. The number of carbonyl (C=O) groups excluding carboxylic acids is 2. The molecule has 192 valence electrons. The number of hydrogen-bond donors (Lipinski definition) is 1. The van der Waals surface area contributed by atoms with Gasteiger partial charge in [-0.05, 0) is 55.5 Å². The van der Waals surface area contributed by atoms with Crippen LogP contribution in [0, 0.1) is 5.82 Å². The van der Waals surface area contributed by atoms with Crippen LogP contribution in [0.2, 0.25) is 0 Å². The Hall–Kier alpha value is -3.30. The fourth-order valence-corrected chi connectivity index (χ4v) is 5.08. The largest absolute Gasteiger partial charge is 0.518 e. The van der Waals surface area contributed by atoms with Crippen molar-refractivity contribution in [1.29, 1.82) is 0 Å². The molecule has 1 aromatic heterocycles. The summed E-state index contributed by atoms with van der Waals surface area (Å²) in [6.45, 7) is 6.64. The van der Waals surface area contributed by atoms with Crippen LogP contribution in [0.3, 0.4) is 0 Å². The van der Waals surface area contributed by atoms with Crippen molar-refractivity contribution < 1.29 is 32.3 Å². The number of anilines is 2. The van der Waals surface area contributed by atoms with Crippen LogP contribution in [0.5, 0.6) is 0 Å². The summed E-state index contributed by atoms with van der Waals surface area (Å²) in [4.78, 5) is 27.8. The van der Waals surface area contributed by atoms with E-state index in [1.54, 1.807) is 49.9 Å². The lowest BCUT2D eigenvalue weighted by Crippen LogP contribution is -2.36. The predicted octanol–water partition coefficient (Wildman–Crippen LogP) is 4.42. The molecule has 0 aliphatic carbocycles. The molecule has 2 amide bonds. The van der Waals surface area contributed by atoms with Crippen LogP contribution >= 0.6 is 8.03 Å². The minimum Gasteiger partial charge on any atom is -0.442 e. The zero-order chi connectivity index (χ0) is 25.9. The van der Waals surface area contributed by atoms with E-state index in [0.29, 0.717) is 43.1 Å². The van der Waals surface area contributed by atoms with Crippen molar-refractivity contribution in [1.82, 2.24) is 10.1 Å². The highest BCUT2D eigenvalue weighted by atomic mass is 31.1. The number of carbonyl (C=O) groups is 2. The third-order valence-corrected chi connectivity index (χ3v) is 6.92. The van der Waals surface area contributed by atoms with Gasteiger partial charge in [0.1, 0.15) is 23.8 Å². The van der Waals surface area contributed by atoms with E-state index in [0.717, 1.165) is 5.57 Å². The molecule has 2 atom stereocenters. The van der Waals surface area contributed by atoms with Gasteiger partial charge in [-0.15, -0.1) is 4.52 Å². The number of amides is 2. The van der Waals surface area contributed by atoms with E-state index < -0.39 is 31.6 Å². The van der Waals surface area contributed by atoms with E-state index in [2.05, 4.69) is 10.5 Å². The van der Waals surface area contributed by atoms with Crippen LogP contribution in [-0.4, -0.2) is 66.1 Å². The Morgan fingerprint density at radius 1 is 1.33 bits per heavy atom. The van der Waals surface area contributed by atoms with Crippen molar-refractivity contribution in [2.75, 3.05) is 42.6 Å². The summed E-state index contributed by atoms with van der Waals surface area (Å²) in [5.41, 5.74) is 1.01. The van der Waals surface area contributed by atoms with Gasteiger partial charge in [0.2, 0.25) is 0 Å². The van der Waals surface area contributed by atoms with Gasteiger partial charge in [0.05, 0.1) is 18.8 Å². The molecule has 12 heteroatoms. The molecule has 2 unspecified atom stereocenters. The second-order valence-corrected chi connectivity index (χ2v) is 10.7. The summed E-state index contributed by atoms with van der Waals surface area (Å²) in [5, 5.41) is 6.76. The first-order valence-corrected chi connectivity index (χ1v) is 13.0. The Labute approximate surface area is 209 Å². The number of nitrogens with zero attached hydrogens (tertiary/aromatic N) is 3. The average molecular weight is 519 g/mol. The number of rotatable bonds is 8. The maximum atomic E-state index is 15.0. The Morgan fingerprint density at radius 3 is 2.78 bits per heavy atom. The van der Waals surface area contributed by atoms with Crippen LogP contribution in [0.15, 0.2) is 41.1 Å². The molecule has 0 bridgehead atoms. The van der Waals surface area contributed by atoms with Crippen molar-refractivity contribution in [3.8, 4) is 0 Å². The second kappa shape index (κ2) is 10.8. The van der Waals surface area contributed by atoms with Gasteiger partial charge >= 0.3 is 14.1 Å². The molecule has 10 nitrogen and oxygen atoms in total. The van der Waals surface area contributed by atoms with Gasteiger partial charge in [0, 0.05) is 24.7 Å². The van der Waals surface area contributed by atoms with Crippen molar-refractivity contribution in [3.63, 3.8) is 0 Å². The summed E-state index contributed by atoms with van der Waals surface area (Å²) in [6.07, 6.45) is 2.54. The van der Waals surface area contributed by atoms with Crippen molar-refractivity contribution in [3.05, 3.63) is 48.0 Å². The van der Waals surface area contributed by atoms with Gasteiger partial charge in [0.15, 0.2) is 5.82 Å². The van der Waals surface area contributed by atoms with Gasteiger partial charge in [-0.25, -0.2) is 9.18 Å². The molecule has 1 fully saturated rings. The van der Waals surface area contributed by atoms with Gasteiger partial charge < -0.3 is 19.5 Å². The predicted molar refractivity (Wildman–Crippen MR) is 131 cm³/mol. The maximum Gasteiger partial charge on any atom is 0.518 e. The second-order valence-electron chi connectivity index (χ2n) is 9.56. The van der Waals surface area contributed by atoms with Crippen LogP contribution in [0.4, 0.5) is 20.7 Å². The minimum atomic E-state index is -2.10. The van der Waals surface area contributed by atoms with Crippen LogP contribution in [0.1, 0.15) is 32.8 Å². The molecule has 1 saturated heterocycles. The number of halogens is 1. The van der Waals surface area contributed by atoms with Gasteiger partial charge in [0.25, 0.3) is 12.1 Å². The summed E-state index contributed by atoms with van der Waals surface area (Å²) < 4.78 is 42.6. The zero-order valence-electron chi connectivity index (χ0n) is 20.4. The highest BCUT2D eigenvalue weighted by Gasteiger charge is 2.34. The normalized spacial score (nSPS) is 18.7. The topological polar surface area (TPSA) is 114 Å². The fourth-order valence-electron chi connectivity index (χ4n) is 3.98. The lowest BCUT2D eigenvalue weighted by Gasteiger charge is -2.26. The first-order valence-electron chi connectivity index (χ1n) is 11.6. The number of nitrogens with one attached hydrogen (secondary N) is 1. The summed E-state index contributed by atoms with van der Waals surface area (Å²) in [5.74, 6) is -0.184. The first-order chi connectivity index (χ1) is 17.1. The van der Waals surface area contributed by atoms with E-state index in [1.165, 1.54) is 17.2 Å². The summed E-state index contributed by atoms with van der Waals surface area (Å²) >= 11 is 0. The standard InChI is InChI=1S/C24H29FN4O6P/c1-24(2,3)35-36(32)15-22(30)28-9-6-16(7-10-28)19-5-4-17(12-20(19)25)29-14-18(34-23(29)31)13-26-21-8-11-33-27-21/h4-6,8,11-12,18H,7,9-10,13-15H2,1-3H3,(H,26,27)/q+1. The quantitative estimate of drug-likeness (QED) is 0.510. The van der Waals surface area contributed by atoms with E-state index in [4.69, 9.17) is 13.8 Å². The molecule has 3 heterocycles. The van der Waals surface area contributed by atoms with Gasteiger partial charge in [-0.2, -0.15) is 0 Å². The molecule has 0 radical (unpaired) electrons. The fraction of sp³-hybridized carbons (Fsp3) is 0.458. The molecule has 1 N–H and O–H groups in total. The highest BCUT2D eigenvalue weighted by Crippen LogP contribution is 2.32. The molecule has 1 aromatic carbocycles. The Bertz CT molecular complexity index is 1160. The molecule has 0 saturated carbocycles. The highest BCUT2D eigenvalue weighted by molar-refractivity contribution is 7.40. The Morgan fingerprint density at radius 2 is 2.14 bits per heavy atom. The van der Waals surface area contributed by atoms with E-state index in [9.17, 15) is 14.2 Å². The monoisotopic (exact) mass is 519 g/mol. The lowest BCUT2D eigenvalue weighted by molar-refractivity contribution is -0.128. The van der Waals surface area contributed by atoms with Crippen molar-refractivity contribution >= 4 is 37.1 Å². The average Bonchev–Trinajstić information content (AvgIpc) is 3.46. The molecule has 0 spiro atoms. The Balaban J connectivity index is 1.34. The van der Waals surface area contributed by atoms with E-state index >= 15 is 4.39 Å². The molecule has 2 aromatic rings. The lowest BCUT2D eigenvalue weighted by atomic mass is 9.98. The van der Waals surface area contributed by atoms with Crippen LogP contribution < -0.4 is 10.2 Å². The maximum absolute atomic E-state index is 15.0. The number of cyclic esters (lactones) is 1.